The van der Waals surface area contributed by atoms with Crippen LogP contribution >= 0.6 is 0 Å². The number of benzene rings is 1. The molecule has 116 valence electrons. The van der Waals surface area contributed by atoms with Gasteiger partial charge < -0.3 is 10.2 Å². The summed E-state index contributed by atoms with van der Waals surface area (Å²) in [6, 6.07) is 6.30. The van der Waals surface area contributed by atoms with E-state index in [1.807, 2.05) is 12.1 Å². The Morgan fingerprint density at radius 1 is 1.43 bits per heavy atom. The normalized spacial score (nSPS) is 18.8. The summed E-state index contributed by atoms with van der Waals surface area (Å²) < 4.78 is 0. The lowest BCUT2D eigenvalue weighted by Crippen LogP contribution is -2.46. The van der Waals surface area contributed by atoms with Crippen molar-refractivity contribution in [3.05, 3.63) is 33.9 Å². The summed E-state index contributed by atoms with van der Waals surface area (Å²) in [5, 5.41) is 14.5. The molecule has 21 heavy (non-hydrogen) atoms. The molecule has 1 aromatic carbocycles. The zero-order valence-electron chi connectivity index (χ0n) is 13.1. The molecule has 5 heteroatoms. The summed E-state index contributed by atoms with van der Waals surface area (Å²) in [5.74, 6) is 0. The maximum Gasteiger partial charge on any atom is 0.272 e. The summed E-state index contributed by atoms with van der Waals surface area (Å²) in [7, 11) is 0. The van der Waals surface area contributed by atoms with E-state index in [4.69, 9.17) is 0 Å². The van der Waals surface area contributed by atoms with E-state index in [9.17, 15) is 10.1 Å². The van der Waals surface area contributed by atoms with Gasteiger partial charge >= 0.3 is 0 Å². The molecular weight excluding hydrogens is 266 g/mol. The number of nitrogens with zero attached hydrogens (tertiary/aromatic N) is 2. The molecule has 0 radical (unpaired) electrons. The molecule has 0 bridgehead atoms. The van der Waals surface area contributed by atoms with E-state index in [1.165, 1.54) is 19.3 Å². The number of nitro groups is 1. The van der Waals surface area contributed by atoms with E-state index in [-0.39, 0.29) is 10.6 Å². The molecule has 5 nitrogen and oxygen atoms in total. The van der Waals surface area contributed by atoms with Gasteiger partial charge in [0.2, 0.25) is 0 Å². The minimum atomic E-state index is -0.318. The van der Waals surface area contributed by atoms with Gasteiger partial charge in [0.15, 0.2) is 0 Å². The Bertz CT molecular complexity index is 496. The molecule has 1 aromatic rings. The molecule has 0 amide bonds. The van der Waals surface area contributed by atoms with Gasteiger partial charge in [0, 0.05) is 35.9 Å². The van der Waals surface area contributed by atoms with Gasteiger partial charge in [0.25, 0.3) is 5.69 Å². The molecule has 1 unspecified atom stereocenters. The first kappa shape index (κ1) is 15.8. The molecule has 1 aliphatic heterocycles. The van der Waals surface area contributed by atoms with Crippen LogP contribution in [0.2, 0.25) is 0 Å². The Morgan fingerprint density at radius 2 is 2.19 bits per heavy atom. The third-order valence-electron chi connectivity index (χ3n) is 4.16. The summed E-state index contributed by atoms with van der Waals surface area (Å²) >= 11 is 0. The van der Waals surface area contributed by atoms with Crippen LogP contribution in [0.4, 0.5) is 11.4 Å². The highest BCUT2D eigenvalue weighted by Crippen LogP contribution is 2.26. The molecule has 1 atom stereocenters. The minimum Gasteiger partial charge on any atom is -0.368 e. The second-order valence-corrected chi connectivity index (χ2v) is 6.12. The number of nitro benzene ring substituents is 1. The molecule has 1 N–H and O–H groups in total. The quantitative estimate of drug-likeness (QED) is 0.668. The Labute approximate surface area is 126 Å². The van der Waals surface area contributed by atoms with Crippen LogP contribution in [0.15, 0.2) is 18.2 Å². The number of hydrogen-bond acceptors (Lipinski definition) is 4. The molecular formula is C16H25N3O2. The van der Waals surface area contributed by atoms with Crippen LogP contribution in [0, 0.1) is 17.0 Å². The predicted octanol–water partition coefficient (Wildman–Crippen LogP) is 3.26. The van der Waals surface area contributed by atoms with E-state index >= 15 is 0 Å². The van der Waals surface area contributed by atoms with Gasteiger partial charge in [-0.05, 0) is 52.3 Å². The largest absolute Gasteiger partial charge is 0.368 e. The first-order valence-electron chi connectivity index (χ1n) is 7.74. The Balaban J connectivity index is 2.17. The van der Waals surface area contributed by atoms with Gasteiger partial charge in [0.1, 0.15) is 0 Å². The van der Waals surface area contributed by atoms with Gasteiger partial charge in [-0.2, -0.15) is 0 Å². The summed E-state index contributed by atoms with van der Waals surface area (Å²) in [5.41, 5.74) is 1.98. The number of rotatable bonds is 5. The molecule has 0 aliphatic carbocycles. The Morgan fingerprint density at radius 3 is 2.71 bits per heavy atom. The lowest BCUT2D eigenvalue weighted by molar-refractivity contribution is -0.385. The monoisotopic (exact) mass is 291 g/mol. The van der Waals surface area contributed by atoms with Gasteiger partial charge in [-0.1, -0.05) is 6.42 Å². The van der Waals surface area contributed by atoms with Gasteiger partial charge in [-0.25, -0.2) is 0 Å². The minimum absolute atomic E-state index is 0.193. The maximum atomic E-state index is 10.9. The Hall–Kier alpha value is -1.62. The number of piperidine rings is 1. The smallest absolute Gasteiger partial charge is 0.272 e. The van der Waals surface area contributed by atoms with Crippen molar-refractivity contribution in [2.75, 3.05) is 18.0 Å². The van der Waals surface area contributed by atoms with Crippen molar-refractivity contribution >= 4 is 11.4 Å². The summed E-state index contributed by atoms with van der Waals surface area (Å²) in [4.78, 5) is 13.0. The van der Waals surface area contributed by atoms with E-state index in [0.29, 0.717) is 12.1 Å². The van der Waals surface area contributed by atoms with E-state index < -0.39 is 0 Å². The van der Waals surface area contributed by atoms with Crippen molar-refractivity contribution < 1.29 is 4.92 Å². The second kappa shape index (κ2) is 6.89. The van der Waals surface area contributed by atoms with E-state index in [2.05, 4.69) is 24.1 Å². The topological polar surface area (TPSA) is 58.4 Å². The fourth-order valence-electron chi connectivity index (χ4n) is 2.95. The van der Waals surface area contributed by atoms with Crippen molar-refractivity contribution in [2.45, 2.75) is 52.1 Å². The number of nitrogens with one attached hydrogen (secondary N) is 1. The van der Waals surface area contributed by atoms with Crippen LogP contribution in [0.1, 0.15) is 38.7 Å². The molecule has 2 rings (SSSR count). The lowest BCUT2D eigenvalue weighted by atomic mass is 10.0. The molecule has 1 heterocycles. The zero-order chi connectivity index (χ0) is 15.4. The van der Waals surface area contributed by atoms with Crippen molar-refractivity contribution in [3.8, 4) is 0 Å². The Kier molecular flexibility index (Phi) is 5.17. The maximum absolute atomic E-state index is 10.9. The fourth-order valence-corrected chi connectivity index (χ4v) is 2.95. The van der Waals surface area contributed by atoms with Crippen LogP contribution in [0.3, 0.4) is 0 Å². The van der Waals surface area contributed by atoms with Crippen molar-refractivity contribution in [1.29, 1.82) is 0 Å². The lowest BCUT2D eigenvalue weighted by Gasteiger charge is -2.35. The fraction of sp³-hybridized carbons (Fsp3) is 0.625. The molecule has 0 saturated carbocycles. The molecule has 0 spiro atoms. The van der Waals surface area contributed by atoms with E-state index in [0.717, 1.165) is 24.3 Å². The van der Waals surface area contributed by atoms with Crippen molar-refractivity contribution in [2.24, 2.45) is 0 Å². The first-order valence-corrected chi connectivity index (χ1v) is 7.74. The average Bonchev–Trinajstić information content (AvgIpc) is 2.45. The van der Waals surface area contributed by atoms with Crippen LogP contribution in [-0.2, 0) is 0 Å². The average molecular weight is 291 g/mol. The molecule has 0 aromatic heterocycles. The van der Waals surface area contributed by atoms with Crippen LogP contribution < -0.4 is 10.2 Å². The highest BCUT2D eigenvalue weighted by molar-refractivity contribution is 5.55. The standard InChI is InChI=1S/C16H25N3O2/c1-12(2)18(11-14-6-4-5-9-17-14)15-7-8-16(19(20)21)13(3)10-15/h7-8,10,12,14,17H,4-6,9,11H2,1-3H3. The zero-order valence-corrected chi connectivity index (χ0v) is 13.1. The SMILES string of the molecule is Cc1cc(N(CC2CCCCN2)C(C)C)ccc1[N+](=O)[O-]. The second-order valence-electron chi connectivity index (χ2n) is 6.12. The number of hydrogen-bond donors (Lipinski definition) is 1. The van der Waals surface area contributed by atoms with Gasteiger partial charge in [0.05, 0.1) is 4.92 Å². The van der Waals surface area contributed by atoms with Crippen molar-refractivity contribution in [3.63, 3.8) is 0 Å². The van der Waals surface area contributed by atoms with Gasteiger partial charge in [-0.3, -0.25) is 10.1 Å². The molecule has 1 aliphatic rings. The third-order valence-corrected chi connectivity index (χ3v) is 4.16. The summed E-state index contributed by atoms with van der Waals surface area (Å²) in [6.45, 7) is 8.18. The first-order chi connectivity index (χ1) is 9.99. The molecule has 1 saturated heterocycles. The molecule has 1 fully saturated rings. The third kappa shape index (κ3) is 3.94. The predicted molar refractivity (Wildman–Crippen MR) is 86.0 cm³/mol. The van der Waals surface area contributed by atoms with E-state index in [1.54, 1.807) is 13.0 Å². The number of aryl methyl sites for hydroxylation is 1. The van der Waals surface area contributed by atoms with Crippen LogP contribution in [0.5, 0.6) is 0 Å². The highest BCUT2D eigenvalue weighted by Gasteiger charge is 2.20. The highest BCUT2D eigenvalue weighted by atomic mass is 16.6. The van der Waals surface area contributed by atoms with Gasteiger partial charge in [-0.15, -0.1) is 0 Å². The van der Waals surface area contributed by atoms with Crippen molar-refractivity contribution in [1.82, 2.24) is 5.32 Å². The summed E-state index contributed by atoms with van der Waals surface area (Å²) in [6.07, 6.45) is 3.74. The number of anilines is 1. The van der Waals surface area contributed by atoms with Crippen LogP contribution in [-0.4, -0.2) is 30.1 Å². The van der Waals surface area contributed by atoms with Crippen LogP contribution in [0.25, 0.3) is 0 Å².